The number of hydrogen-bond donors (Lipinski definition) is 1. The standard InChI is InChI=1S/C33H46N4O5S/c1-5-12-34(4)30(39)27-26-20-23(3)33(43-26)28(27)31(40)37(25(22-38)21-24-10-8-7-9-11-24)29(33)32(41)36(13-6-2)15-14-35-16-18-42-19-17-35/h5-11,23,25-29,38H,1-2,12-22H2,3-4H3/t23?,25-,26-,27+,28+,29?,33?/m1/s1. The van der Waals surface area contributed by atoms with Crippen LogP contribution in [0.2, 0.25) is 0 Å². The molecular weight excluding hydrogens is 564 g/mol. The summed E-state index contributed by atoms with van der Waals surface area (Å²) in [7, 11) is 1.75. The van der Waals surface area contributed by atoms with Crippen molar-refractivity contribution in [2.75, 3.05) is 66.1 Å². The zero-order chi connectivity index (χ0) is 30.7. The van der Waals surface area contributed by atoms with E-state index in [1.807, 2.05) is 35.2 Å². The van der Waals surface area contributed by atoms with Crippen LogP contribution in [0.25, 0.3) is 0 Å². The number of rotatable bonds is 13. The lowest BCUT2D eigenvalue weighted by molar-refractivity contribution is -0.146. The Kier molecular flexibility index (Phi) is 10.0. The molecule has 4 aliphatic rings. The maximum atomic E-state index is 14.9. The molecule has 5 rings (SSSR count). The van der Waals surface area contributed by atoms with Gasteiger partial charge in [0.05, 0.1) is 42.4 Å². The lowest BCUT2D eigenvalue weighted by Gasteiger charge is -2.42. The second-order valence-electron chi connectivity index (χ2n) is 12.4. The zero-order valence-electron chi connectivity index (χ0n) is 25.5. The molecule has 3 unspecified atom stereocenters. The molecule has 0 aliphatic carbocycles. The number of carbonyl (C=O) groups is 3. The number of thioether (sulfide) groups is 1. The van der Waals surface area contributed by atoms with Gasteiger partial charge in [0.1, 0.15) is 6.04 Å². The van der Waals surface area contributed by atoms with Crippen LogP contribution in [-0.4, -0.2) is 131 Å². The molecule has 0 radical (unpaired) electrons. The van der Waals surface area contributed by atoms with Crippen LogP contribution in [0.15, 0.2) is 55.6 Å². The summed E-state index contributed by atoms with van der Waals surface area (Å²) in [5, 5.41) is 10.7. The number of amides is 3. The molecule has 7 atom stereocenters. The Morgan fingerprint density at radius 1 is 1.16 bits per heavy atom. The molecule has 1 aromatic rings. The van der Waals surface area contributed by atoms with Gasteiger partial charge in [-0.2, -0.15) is 0 Å². The van der Waals surface area contributed by atoms with Gasteiger partial charge in [-0.25, -0.2) is 0 Å². The molecule has 9 nitrogen and oxygen atoms in total. The maximum absolute atomic E-state index is 14.9. The summed E-state index contributed by atoms with van der Waals surface area (Å²) >= 11 is 1.67. The fraction of sp³-hybridized carbons (Fsp3) is 0.606. The summed E-state index contributed by atoms with van der Waals surface area (Å²) in [6.45, 7) is 14.5. The average molecular weight is 611 g/mol. The van der Waals surface area contributed by atoms with Crippen LogP contribution in [0.5, 0.6) is 0 Å². The number of likely N-dealkylation sites (tertiary alicyclic amines) is 1. The summed E-state index contributed by atoms with van der Waals surface area (Å²) in [5.74, 6) is -1.48. The number of ether oxygens (including phenoxy) is 1. The van der Waals surface area contributed by atoms with Crippen molar-refractivity contribution < 1.29 is 24.2 Å². The van der Waals surface area contributed by atoms with Gasteiger partial charge in [0.25, 0.3) is 0 Å². The van der Waals surface area contributed by atoms with Crippen molar-refractivity contribution in [3.63, 3.8) is 0 Å². The molecule has 4 saturated heterocycles. The number of fused-ring (bicyclic) bond motifs is 1. The van der Waals surface area contributed by atoms with Crippen molar-refractivity contribution in [1.29, 1.82) is 0 Å². The highest BCUT2D eigenvalue weighted by Crippen LogP contribution is 2.69. The summed E-state index contributed by atoms with van der Waals surface area (Å²) in [6.07, 6.45) is 4.61. The molecule has 1 aromatic carbocycles. The second-order valence-corrected chi connectivity index (χ2v) is 13.9. The largest absolute Gasteiger partial charge is 0.394 e. The van der Waals surface area contributed by atoms with Crippen LogP contribution in [0.3, 0.4) is 0 Å². The van der Waals surface area contributed by atoms with Crippen LogP contribution < -0.4 is 0 Å². The van der Waals surface area contributed by atoms with Crippen LogP contribution in [0.1, 0.15) is 18.9 Å². The van der Waals surface area contributed by atoms with E-state index >= 15 is 0 Å². The number of nitrogens with zero attached hydrogens (tertiary/aromatic N) is 4. The number of benzene rings is 1. The minimum Gasteiger partial charge on any atom is -0.394 e. The SMILES string of the molecule is C=CCN(C)C(=O)[C@@H]1[C@H]2C(=O)N([C@@H](CO)Cc3ccccc3)C(C(=O)N(CC=C)CCN3CCOCC3)C23S[C@@H]1CC3C. The third-order valence-electron chi connectivity index (χ3n) is 9.85. The van der Waals surface area contributed by atoms with Gasteiger partial charge in [-0.05, 0) is 24.3 Å². The Morgan fingerprint density at radius 3 is 2.51 bits per heavy atom. The average Bonchev–Trinajstić information content (AvgIpc) is 3.62. The van der Waals surface area contributed by atoms with Crippen molar-refractivity contribution >= 4 is 29.5 Å². The molecule has 4 aliphatic heterocycles. The van der Waals surface area contributed by atoms with Gasteiger partial charge in [0.2, 0.25) is 17.7 Å². The Balaban J connectivity index is 1.54. The van der Waals surface area contributed by atoms with Gasteiger partial charge in [-0.15, -0.1) is 24.9 Å². The second kappa shape index (κ2) is 13.5. The Hall–Kier alpha value is -2.66. The quantitative estimate of drug-likeness (QED) is 0.341. The van der Waals surface area contributed by atoms with E-state index in [1.54, 1.807) is 40.8 Å². The van der Waals surface area contributed by atoms with Crippen molar-refractivity contribution in [3.05, 3.63) is 61.2 Å². The molecule has 234 valence electrons. The number of hydrogen-bond acceptors (Lipinski definition) is 7. The predicted octanol–water partition coefficient (Wildman–Crippen LogP) is 1.92. The molecule has 3 amide bonds. The lowest BCUT2D eigenvalue weighted by Crippen LogP contribution is -2.60. The summed E-state index contributed by atoms with van der Waals surface area (Å²) in [4.78, 5) is 50.9. The molecule has 2 bridgehead atoms. The van der Waals surface area contributed by atoms with Gasteiger partial charge in [0, 0.05) is 51.6 Å². The number of aliphatic hydroxyl groups is 1. The van der Waals surface area contributed by atoms with Crippen LogP contribution >= 0.6 is 11.8 Å². The normalized spacial score (nSPS) is 30.6. The molecule has 4 heterocycles. The third-order valence-corrected chi connectivity index (χ3v) is 11.9. The van der Waals surface area contributed by atoms with Crippen molar-refractivity contribution in [1.82, 2.24) is 19.6 Å². The van der Waals surface area contributed by atoms with Crippen LogP contribution in [0.4, 0.5) is 0 Å². The van der Waals surface area contributed by atoms with E-state index in [0.717, 1.165) is 25.1 Å². The van der Waals surface area contributed by atoms with Gasteiger partial charge in [-0.3, -0.25) is 19.3 Å². The van der Waals surface area contributed by atoms with Crippen LogP contribution in [0, 0.1) is 17.8 Å². The fourth-order valence-electron chi connectivity index (χ4n) is 7.80. The Morgan fingerprint density at radius 2 is 1.86 bits per heavy atom. The first-order valence-corrected chi connectivity index (χ1v) is 16.4. The van der Waals surface area contributed by atoms with Crippen molar-refractivity contribution in [3.8, 4) is 0 Å². The van der Waals surface area contributed by atoms with E-state index < -0.39 is 28.7 Å². The molecule has 0 aromatic heterocycles. The molecule has 0 saturated carbocycles. The first-order chi connectivity index (χ1) is 20.8. The monoisotopic (exact) mass is 610 g/mol. The number of aliphatic hydroxyl groups excluding tert-OH is 1. The number of morpholine rings is 1. The van der Waals surface area contributed by atoms with Crippen LogP contribution in [-0.2, 0) is 25.5 Å². The molecule has 1 N–H and O–H groups in total. The summed E-state index contributed by atoms with van der Waals surface area (Å²) in [5.41, 5.74) is 0.980. The highest BCUT2D eigenvalue weighted by molar-refractivity contribution is 8.02. The smallest absolute Gasteiger partial charge is 0.247 e. The molecule has 4 fully saturated rings. The van der Waals surface area contributed by atoms with E-state index in [1.165, 1.54) is 0 Å². The molecule has 43 heavy (non-hydrogen) atoms. The minimum atomic E-state index is -0.789. The highest BCUT2D eigenvalue weighted by Gasteiger charge is 2.76. The minimum absolute atomic E-state index is 0.0379. The fourth-order valence-corrected chi connectivity index (χ4v) is 10.2. The molecule has 1 spiro atoms. The highest BCUT2D eigenvalue weighted by atomic mass is 32.2. The van der Waals surface area contributed by atoms with E-state index in [0.29, 0.717) is 45.8 Å². The lowest BCUT2D eigenvalue weighted by atomic mass is 9.65. The molecular formula is C33H46N4O5S. The van der Waals surface area contributed by atoms with E-state index in [4.69, 9.17) is 4.74 Å². The van der Waals surface area contributed by atoms with E-state index in [9.17, 15) is 19.5 Å². The Labute approximate surface area is 259 Å². The van der Waals surface area contributed by atoms with Crippen molar-refractivity contribution in [2.24, 2.45) is 17.8 Å². The number of carbonyl (C=O) groups excluding carboxylic acids is 3. The number of likely N-dealkylation sites (N-methyl/N-ethyl adjacent to an activating group) is 1. The summed E-state index contributed by atoms with van der Waals surface area (Å²) < 4.78 is 4.75. The predicted molar refractivity (Wildman–Crippen MR) is 168 cm³/mol. The first-order valence-electron chi connectivity index (χ1n) is 15.5. The first kappa shape index (κ1) is 31.8. The zero-order valence-corrected chi connectivity index (χ0v) is 26.3. The third kappa shape index (κ3) is 5.79. The van der Waals surface area contributed by atoms with Gasteiger partial charge in [0.15, 0.2) is 0 Å². The Bertz CT molecular complexity index is 1190. The maximum Gasteiger partial charge on any atom is 0.247 e. The van der Waals surface area contributed by atoms with Gasteiger partial charge >= 0.3 is 0 Å². The van der Waals surface area contributed by atoms with Gasteiger partial charge < -0.3 is 24.5 Å². The van der Waals surface area contributed by atoms with Gasteiger partial charge in [-0.1, -0.05) is 49.4 Å². The summed E-state index contributed by atoms with van der Waals surface area (Å²) in [6, 6.07) is 8.38. The van der Waals surface area contributed by atoms with E-state index in [2.05, 4.69) is 25.0 Å². The van der Waals surface area contributed by atoms with Crippen molar-refractivity contribution in [2.45, 2.75) is 41.8 Å². The topological polar surface area (TPSA) is 93.6 Å². The molecule has 10 heteroatoms. The van der Waals surface area contributed by atoms with E-state index in [-0.39, 0.29) is 35.5 Å².